The number of hydrogen-bond donors (Lipinski definition) is 4. The van der Waals surface area contributed by atoms with Gasteiger partial charge in [0, 0.05) is 48.2 Å². The summed E-state index contributed by atoms with van der Waals surface area (Å²) >= 11 is 3.65. The summed E-state index contributed by atoms with van der Waals surface area (Å²) in [5, 5.41) is 26.6. The molecule has 1 aromatic carbocycles. The maximum absolute atomic E-state index is 9.79. The van der Waals surface area contributed by atoms with Crippen LogP contribution >= 0.6 is 23.5 Å². The van der Waals surface area contributed by atoms with Crippen LogP contribution in [0.1, 0.15) is 11.1 Å². The van der Waals surface area contributed by atoms with E-state index in [1.807, 2.05) is 23.5 Å². The average molecular weight is 341 g/mol. The Morgan fingerprint density at radius 3 is 1.50 bits per heavy atom. The summed E-state index contributed by atoms with van der Waals surface area (Å²) in [5.41, 5.74) is 2.61. The van der Waals surface area contributed by atoms with Crippen molar-refractivity contribution in [2.24, 2.45) is 0 Å². The molecule has 2 aliphatic heterocycles. The van der Waals surface area contributed by atoms with E-state index in [1.165, 1.54) is 11.1 Å². The van der Waals surface area contributed by atoms with Crippen LogP contribution in [0.15, 0.2) is 24.3 Å². The summed E-state index contributed by atoms with van der Waals surface area (Å²) in [7, 11) is 0. The van der Waals surface area contributed by atoms with Crippen molar-refractivity contribution in [1.29, 1.82) is 0 Å². The molecular weight excluding hydrogens is 316 g/mol. The third kappa shape index (κ3) is 4.40. The molecule has 0 spiro atoms. The molecular formula is C16H24N2O2S2. The molecule has 1 aromatic rings. The standard InChI is InChI=1S/C16H24N2O2S2/c19-13-5-17-7-15(13)21-9-11-1-2-12(4-3-11)10-22-16-8-18-6-14(16)20/h1-4,13-20H,5-10H2/t13-,14+,15-,16+. The molecule has 22 heavy (non-hydrogen) atoms. The number of thioether (sulfide) groups is 2. The van der Waals surface area contributed by atoms with Crippen LogP contribution in [0.4, 0.5) is 0 Å². The molecule has 0 saturated carbocycles. The van der Waals surface area contributed by atoms with Gasteiger partial charge < -0.3 is 20.8 Å². The quantitative estimate of drug-likeness (QED) is 0.615. The Morgan fingerprint density at radius 2 is 1.18 bits per heavy atom. The van der Waals surface area contributed by atoms with E-state index >= 15 is 0 Å². The lowest BCUT2D eigenvalue weighted by Gasteiger charge is -2.14. The predicted molar refractivity (Wildman–Crippen MR) is 94.4 cm³/mol. The molecule has 2 heterocycles. The van der Waals surface area contributed by atoms with Crippen molar-refractivity contribution < 1.29 is 10.2 Å². The third-order valence-corrected chi connectivity index (χ3v) is 7.03. The molecule has 0 aromatic heterocycles. The van der Waals surface area contributed by atoms with Crippen molar-refractivity contribution in [3.63, 3.8) is 0 Å². The van der Waals surface area contributed by atoms with Crippen LogP contribution in [0.2, 0.25) is 0 Å². The Labute approximate surface area is 140 Å². The first-order valence-electron chi connectivity index (χ1n) is 7.81. The van der Waals surface area contributed by atoms with Crippen molar-refractivity contribution in [2.45, 2.75) is 34.2 Å². The van der Waals surface area contributed by atoms with Crippen LogP contribution < -0.4 is 10.6 Å². The van der Waals surface area contributed by atoms with E-state index in [0.29, 0.717) is 10.5 Å². The number of nitrogens with one attached hydrogen (secondary N) is 2. The molecule has 2 aliphatic rings. The van der Waals surface area contributed by atoms with Gasteiger partial charge in [-0.05, 0) is 11.1 Å². The van der Waals surface area contributed by atoms with E-state index in [4.69, 9.17) is 0 Å². The Bertz CT molecular complexity index is 429. The Balaban J connectivity index is 1.43. The smallest absolute Gasteiger partial charge is 0.0795 e. The molecule has 6 heteroatoms. The third-order valence-electron chi connectivity index (χ3n) is 4.21. The Kier molecular flexibility index (Phi) is 6.07. The molecule has 0 bridgehead atoms. The van der Waals surface area contributed by atoms with Crippen LogP contribution in [-0.2, 0) is 11.5 Å². The van der Waals surface area contributed by atoms with E-state index < -0.39 is 0 Å². The van der Waals surface area contributed by atoms with E-state index in [2.05, 4.69) is 34.9 Å². The number of rotatable bonds is 6. The maximum atomic E-state index is 9.79. The molecule has 0 radical (unpaired) electrons. The summed E-state index contributed by atoms with van der Waals surface area (Å²) in [6.07, 6.45) is -0.431. The minimum Gasteiger partial charge on any atom is -0.391 e. The van der Waals surface area contributed by atoms with Crippen molar-refractivity contribution in [3.05, 3.63) is 35.4 Å². The lowest BCUT2D eigenvalue weighted by molar-refractivity contribution is 0.200. The van der Waals surface area contributed by atoms with Gasteiger partial charge in [0.1, 0.15) is 0 Å². The summed E-state index contributed by atoms with van der Waals surface area (Å²) in [6.45, 7) is 3.24. The highest BCUT2D eigenvalue weighted by molar-refractivity contribution is 7.99. The van der Waals surface area contributed by atoms with Crippen molar-refractivity contribution in [1.82, 2.24) is 10.6 Å². The first kappa shape index (κ1) is 16.6. The fraction of sp³-hybridized carbons (Fsp3) is 0.625. The van der Waals surface area contributed by atoms with Gasteiger partial charge in [0.25, 0.3) is 0 Å². The lowest BCUT2D eigenvalue weighted by Crippen LogP contribution is -2.20. The minimum absolute atomic E-state index is 0.216. The second-order valence-electron chi connectivity index (χ2n) is 5.97. The number of β-amino-alcohol motifs (C(OH)–C–C–N with tert-alkyl or cyclic N) is 2. The zero-order valence-electron chi connectivity index (χ0n) is 12.6. The SMILES string of the molecule is O[C@@H]1CNC[C@H]1SCc1ccc(CS[C@H]2CNC[C@@H]2O)cc1. The van der Waals surface area contributed by atoms with E-state index in [-0.39, 0.29) is 12.2 Å². The highest BCUT2D eigenvalue weighted by Crippen LogP contribution is 2.25. The first-order chi connectivity index (χ1) is 10.7. The van der Waals surface area contributed by atoms with Gasteiger partial charge in [-0.1, -0.05) is 24.3 Å². The molecule has 3 rings (SSSR count). The van der Waals surface area contributed by atoms with Gasteiger partial charge in [0.05, 0.1) is 12.2 Å². The highest BCUT2D eigenvalue weighted by Gasteiger charge is 2.25. The maximum Gasteiger partial charge on any atom is 0.0795 e. The number of aliphatic hydroxyl groups is 2. The first-order valence-corrected chi connectivity index (χ1v) is 9.91. The van der Waals surface area contributed by atoms with Gasteiger partial charge in [-0.25, -0.2) is 0 Å². The summed E-state index contributed by atoms with van der Waals surface area (Å²) in [6, 6.07) is 8.73. The molecule has 2 fully saturated rings. The van der Waals surface area contributed by atoms with Crippen LogP contribution in [0.3, 0.4) is 0 Å². The highest BCUT2D eigenvalue weighted by atomic mass is 32.2. The second-order valence-corrected chi connectivity index (χ2v) is 8.42. The van der Waals surface area contributed by atoms with E-state index in [9.17, 15) is 10.2 Å². The zero-order valence-corrected chi connectivity index (χ0v) is 14.2. The number of benzene rings is 1. The molecule has 0 unspecified atom stereocenters. The minimum atomic E-state index is -0.216. The van der Waals surface area contributed by atoms with Gasteiger partial charge in [0.2, 0.25) is 0 Å². The van der Waals surface area contributed by atoms with Gasteiger partial charge in [0.15, 0.2) is 0 Å². The topological polar surface area (TPSA) is 64.5 Å². The zero-order chi connectivity index (χ0) is 15.4. The fourth-order valence-electron chi connectivity index (χ4n) is 2.76. The summed E-state index contributed by atoms with van der Waals surface area (Å²) in [5.74, 6) is 1.89. The molecule has 2 saturated heterocycles. The summed E-state index contributed by atoms with van der Waals surface area (Å²) in [4.78, 5) is 0. The fourth-order valence-corrected chi connectivity index (χ4v) is 5.07. The van der Waals surface area contributed by atoms with Crippen molar-refractivity contribution in [2.75, 3.05) is 26.2 Å². The van der Waals surface area contributed by atoms with Gasteiger partial charge >= 0.3 is 0 Å². The Morgan fingerprint density at radius 1 is 0.773 bits per heavy atom. The van der Waals surface area contributed by atoms with Crippen molar-refractivity contribution >= 4 is 23.5 Å². The van der Waals surface area contributed by atoms with Crippen LogP contribution in [0.25, 0.3) is 0 Å². The molecule has 122 valence electrons. The van der Waals surface area contributed by atoms with E-state index in [1.54, 1.807) is 0 Å². The van der Waals surface area contributed by atoms with Crippen LogP contribution in [0.5, 0.6) is 0 Å². The molecule has 0 aliphatic carbocycles. The van der Waals surface area contributed by atoms with Gasteiger partial charge in [-0.15, -0.1) is 23.5 Å². The van der Waals surface area contributed by atoms with Gasteiger partial charge in [-0.2, -0.15) is 0 Å². The van der Waals surface area contributed by atoms with Gasteiger partial charge in [-0.3, -0.25) is 0 Å². The normalized spacial score (nSPS) is 31.7. The largest absolute Gasteiger partial charge is 0.391 e. The summed E-state index contributed by atoms with van der Waals surface area (Å²) < 4.78 is 0. The van der Waals surface area contributed by atoms with E-state index in [0.717, 1.165) is 37.7 Å². The predicted octanol–water partition coefficient (Wildman–Crippen LogP) is 0.818. The Hall–Kier alpha value is -0.240. The average Bonchev–Trinajstić information content (AvgIpc) is 3.12. The van der Waals surface area contributed by atoms with Crippen molar-refractivity contribution in [3.8, 4) is 0 Å². The molecule has 4 atom stereocenters. The molecule has 0 amide bonds. The second kappa shape index (κ2) is 8.04. The number of aliphatic hydroxyl groups excluding tert-OH is 2. The number of hydrogen-bond acceptors (Lipinski definition) is 6. The lowest BCUT2D eigenvalue weighted by atomic mass is 10.2. The van der Waals surface area contributed by atoms with Crippen LogP contribution in [-0.4, -0.2) is 59.1 Å². The van der Waals surface area contributed by atoms with Crippen LogP contribution in [0, 0.1) is 0 Å². The molecule has 4 N–H and O–H groups in total. The molecule has 4 nitrogen and oxygen atoms in total. The monoisotopic (exact) mass is 340 g/mol.